The number of hydrogen-bond donors (Lipinski definition) is 0. The van der Waals surface area contributed by atoms with Crippen LogP contribution in [-0.4, -0.2) is 84.5 Å². The molecule has 42 heavy (non-hydrogen) atoms. The summed E-state index contributed by atoms with van der Waals surface area (Å²) >= 11 is 0. The van der Waals surface area contributed by atoms with Crippen molar-refractivity contribution < 1.29 is 18.3 Å². The molecule has 3 aromatic carbocycles. The van der Waals surface area contributed by atoms with E-state index < -0.39 is 0 Å². The first-order chi connectivity index (χ1) is 20.0. The Bertz CT molecular complexity index is 1530. The highest BCUT2D eigenvalue weighted by atomic mass is 16.5. The van der Waals surface area contributed by atoms with Gasteiger partial charge in [0.1, 0.15) is 11.2 Å². The third-order valence-electron chi connectivity index (χ3n) is 7.87. The van der Waals surface area contributed by atoms with Gasteiger partial charge in [0.05, 0.1) is 74.2 Å². The molecule has 0 saturated heterocycles. The molecule has 0 atom stereocenters. The van der Waals surface area contributed by atoms with E-state index in [1.165, 1.54) is 22.4 Å². The summed E-state index contributed by atoms with van der Waals surface area (Å²) in [6.07, 6.45) is 4.44. The van der Waals surface area contributed by atoms with Gasteiger partial charge in [-0.1, -0.05) is 48.5 Å². The maximum Gasteiger partial charge on any atom is 0.282 e. The van der Waals surface area contributed by atoms with Crippen LogP contribution in [0.3, 0.4) is 0 Å². The highest BCUT2D eigenvalue weighted by Crippen LogP contribution is 2.38. The van der Waals surface area contributed by atoms with Crippen LogP contribution in [0.15, 0.2) is 90.8 Å². The van der Waals surface area contributed by atoms with Gasteiger partial charge in [-0.25, -0.2) is 0 Å². The van der Waals surface area contributed by atoms with Crippen LogP contribution in [-0.2, 0) is 0 Å². The number of fused-ring (bicyclic) bond motifs is 2. The van der Waals surface area contributed by atoms with E-state index in [9.17, 15) is 0 Å². The molecule has 6 nitrogen and oxygen atoms in total. The SMILES string of the molecule is CN1C(=Cc2cc(N(CCC[N+](C)(C)C)CCC[N+](C)(C)C)[n+](-c3ccccc3)c3ccccc23)Oc2ccccc21. The molecule has 1 aromatic heterocycles. The second kappa shape index (κ2) is 12.2. The summed E-state index contributed by atoms with van der Waals surface area (Å²) in [6, 6.07) is 30.2. The number of anilines is 2. The zero-order valence-electron chi connectivity index (χ0n) is 26.5. The van der Waals surface area contributed by atoms with Gasteiger partial charge in [0.25, 0.3) is 5.82 Å². The predicted octanol–water partition coefficient (Wildman–Crippen LogP) is 5.94. The normalized spacial score (nSPS) is 14.4. The van der Waals surface area contributed by atoms with E-state index in [2.05, 4.69) is 143 Å². The zero-order chi connectivity index (χ0) is 29.9. The maximum absolute atomic E-state index is 6.35. The molecule has 0 fully saturated rings. The Morgan fingerprint density at radius 3 is 2.00 bits per heavy atom. The number of quaternary nitrogens is 2. The molecule has 0 aliphatic carbocycles. The standard InChI is InChI=1S/C36H48N5O/c1-37-33-21-13-14-22-34(33)42-36(37)28-29-27-35(38(23-15-25-40(2,3)4)24-16-26-41(5,6)7)39(30-17-9-8-10-18-30)32-20-12-11-19-31(29)32/h8-14,17-22,27-28H,15-16,23-26H2,1-7H3/q+3. The molecule has 0 N–H and O–H groups in total. The van der Waals surface area contributed by atoms with Gasteiger partial charge in [-0.15, -0.1) is 0 Å². The van der Waals surface area contributed by atoms with Gasteiger partial charge in [0.2, 0.25) is 5.88 Å². The third-order valence-corrected chi connectivity index (χ3v) is 7.87. The van der Waals surface area contributed by atoms with Crippen LogP contribution in [0.5, 0.6) is 5.75 Å². The molecule has 1 aliphatic heterocycles. The van der Waals surface area contributed by atoms with E-state index in [0.29, 0.717) is 0 Å². The van der Waals surface area contributed by atoms with Crippen LogP contribution in [0.4, 0.5) is 11.5 Å². The van der Waals surface area contributed by atoms with E-state index in [1.54, 1.807) is 0 Å². The molecule has 0 saturated carbocycles. The quantitative estimate of drug-likeness (QED) is 0.165. The number of nitrogens with zero attached hydrogens (tertiary/aromatic N) is 5. The Morgan fingerprint density at radius 1 is 0.762 bits per heavy atom. The average Bonchev–Trinajstić information content (AvgIpc) is 3.26. The summed E-state index contributed by atoms with van der Waals surface area (Å²) in [6.45, 7) is 4.24. The number of ether oxygens (including phenoxy) is 1. The van der Waals surface area contributed by atoms with Crippen molar-refractivity contribution in [2.75, 3.05) is 85.3 Å². The Morgan fingerprint density at radius 2 is 1.36 bits per heavy atom. The molecular weight excluding hydrogens is 518 g/mol. The van der Waals surface area contributed by atoms with E-state index in [4.69, 9.17) is 4.74 Å². The molecule has 0 bridgehead atoms. The first kappa shape index (κ1) is 29.6. The van der Waals surface area contributed by atoms with E-state index in [1.807, 2.05) is 12.1 Å². The first-order valence-electron chi connectivity index (χ1n) is 15.1. The fourth-order valence-electron chi connectivity index (χ4n) is 5.71. The number of para-hydroxylation sites is 4. The van der Waals surface area contributed by atoms with E-state index >= 15 is 0 Å². The molecule has 0 spiro atoms. The second-order valence-corrected chi connectivity index (χ2v) is 13.5. The van der Waals surface area contributed by atoms with Crippen LogP contribution < -0.4 is 19.1 Å². The molecule has 4 aromatic rings. The monoisotopic (exact) mass is 566 g/mol. The van der Waals surface area contributed by atoms with Crippen LogP contribution in [0, 0.1) is 0 Å². The summed E-state index contributed by atoms with van der Waals surface area (Å²) in [5, 5.41) is 1.20. The molecule has 6 heteroatoms. The van der Waals surface area contributed by atoms with Gasteiger partial charge < -0.3 is 18.6 Å². The van der Waals surface area contributed by atoms with Crippen LogP contribution >= 0.6 is 0 Å². The Balaban J connectivity index is 1.66. The van der Waals surface area contributed by atoms with Crippen molar-refractivity contribution >= 4 is 28.5 Å². The third kappa shape index (κ3) is 6.94. The maximum atomic E-state index is 6.35. The van der Waals surface area contributed by atoms with Crippen molar-refractivity contribution in [2.24, 2.45) is 0 Å². The second-order valence-electron chi connectivity index (χ2n) is 13.5. The van der Waals surface area contributed by atoms with Crippen molar-refractivity contribution in [1.82, 2.24) is 0 Å². The lowest BCUT2D eigenvalue weighted by molar-refractivity contribution is -0.870. The Labute approximate surface area is 252 Å². The summed E-state index contributed by atoms with van der Waals surface area (Å²) < 4.78 is 10.7. The smallest absolute Gasteiger partial charge is 0.282 e. The van der Waals surface area contributed by atoms with Crippen molar-refractivity contribution in [2.45, 2.75) is 12.8 Å². The van der Waals surface area contributed by atoms with Crippen molar-refractivity contribution in [3.63, 3.8) is 0 Å². The molecule has 0 radical (unpaired) electrons. The van der Waals surface area contributed by atoms with E-state index in [0.717, 1.165) is 70.9 Å². The topological polar surface area (TPSA) is 19.6 Å². The number of benzene rings is 3. The lowest BCUT2D eigenvalue weighted by Gasteiger charge is -2.27. The molecule has 1 aliphatic rings. The first-order valence-corrected chi connectivity index (χ1v) is 15.1. The number of hydrogen-bond acceptors (Lipinski definition) is 3. The van der Waals surface area contributed by atoms with Gasteiger partial charge >= 0.3 is 0 Å². The molecule has 5 rings (SSSR count). The summed E-state index contributed by atoms with van der Waals surface area (Å²) in [4.78, 5) is 4.75. The van der Waals surface area contributed by atoms with Crippen molar-refractivity contribution in [3.05, 3.63) is 96.4 Å². The van der Waals surface area contributed by atoms with Gasteiger partial charge in [-0.05, 0) is 35.9 Å². The van der Waals surface area contributed by atoms with Gasteiger partial charge in [0, 0.05) is 37.4 Å². The fourth-order valence-corrected chi connectivity index (χ4v) is 5.71. The summed E-state index contributed by atoms with van der Waals surface area (Å²) in [7, 11) is 15.8. The van der Waals surface area contributed by atoms with Crippen LogP contribution in [0.1, 0.15) is 18.4 Å². The van der Waals surface area contributed by atoms with Crippen molar-refractivity contribution in [1.29, 1.82) is 0 Å². The molecule has 2 heterocycles. The Kier molecular flexibility index (Phi) is 8.58. The minimum absolute atomic E-state index is 0.839. The molecule has 220 valence electrons. The van der Waals surface area contributed by atoms with Gasteiger partial charge in [0.15, 0.2) is 5.75 Å². The largest absolute Gasteiger partial charge is 0.439 e. The minimum atomic E-state index is 0.839. The fraction of sp³-hybridized carbons (Fsp3) is 0.361. The van der Waals surface area contributed by atoms with Gasteiger partial charge in [-0.2, -0.15) is 4.57 Å². The highest BCUT2D eigenvalue weighted by Gasteiger charge is 2.28. The number of rotatable bonds is 11. The molecule has 0 amide bonds. The average molecular weight is 567 g/mol. The van der Waals surface area contributed by atoms with Crippen molar-refractivity contribution in [3.8, 4) is 11.4 Å². The highest BCUT2D eigenvalue weighted by molar-refractivity contribution is 5.88. The van der Waals surface area contributed by atoms with Gasteiger partial charge in [-0.3, -0.25) is 4.90 Å². The summed E-state index contributed by atoms with van der Waals surface area (Å²) in [5.41, 5.74) is 4.61. The lowest BCUT2D eigenvalue weighted by atomic mass is 10.1. The van der Waals surface area contributed by atoms with Crippen LogP contribution in [0.25, 0.3) is 22.7 Å². The number of pyridine rings is 1. The predicted molar refractivity (Wildman–Crippen MR) is 176 cm³/mol. The Hall–Kier alpha value is -3.87. The van der Waals surface area contributed by atoms with Crippen LogP contribution in [0.2, 0.25) is 0 Å². The molecular formula is C36H48N5O+3. The number of aromatic nitrogens is 1. The lowest BCUT2D eigenvalue weighted by Crippen LogP contribution is -2.45. The minimum Gasteiger partial charge on any atom is -0.439 e. The molecule has 0 unspecified atom stereocenters. The van der Waals surface area contributed by atoms with E-state index in [-0.39, 0.29) is 0 Å². The summed E-state index contributed by atoms with van der Waals surface area (Å²) in [5.74, 6) is 2.95. The zero-order valence-corrected chi connectivity index (χ0v) is 26.5.